The molecule has 0 spiro atoms. The van der Waals surface area contributed by atoms with Crippen LogP contribution in [0.4, 0.5) is 0 Å². The fourth-order valence-corrected chi connectivity index (χ4v) is 3.14. The lowest BCUT2D eigenvalue weighted by Gasteiger charge is -2.58. The molecule has 0 atom stereocenters. The Morgan fingerprint density at radius 1 is 0.818 bits per heavy atom. The Kier molecular flexibility index (Phi) is 1.16. The average molecular weight is 174 g/mol. The summed E-state index contributed by atoms with van der Waals surface area (Å²) < 4.78 is 0. The fraction of sp³-hybridized carbons (Fsp3) is 1.00. The molecule has 0 amide bonds. The highest BCUT2D eigenvalue weighted by atomic mass is 35.5. The molecule has 4 saturated heterocycles. The van der Waals surface area contributed by atoms with Gasteiger partial charge in [-0.25, -0.2) is 0 Å². The van der Waals surface area contributed by atoms with Crippen LogP contribution in [0.25, 0.3) is 0 Å². The maximum atomic E-state index is 6.41. The summed E-state index contributed by atoms with van der Waals surface area (Å²) in [5, 5.41) is 0. The Morgan fingerprint density at radius 3 is 1.45 bits per heavy atom. The molecule has 0 aliphatic carbocycles. The molecule has 0 aromatic heterocycles. The molecule has 4 rings (SSSR count). The lowest BCUT2D eigenvalue weighted by atomic mass is 10.00. The minimum Gasteiger partial charge on any atom is -0.276 e. The van der Waals surface area contributed by atoms with Gasteiger partial charge >= 0.3 is 0 Å². The Hall–Kier alpha value is 0.170. The van der Waals surface area contributed by atoms with Gasteiger partial charge in [0.1, 0.15) is 0 Å². The molecule has 4 fully saturated rings. The molecule has 3 nitrogen and oxygen atoms in total. The lowest BCUT2D eigenvalue weighted by molar-refractivity contribution is -0.120. The quantitative estimate of drug-likeness (QED) is 0.470. The second-order valence-corrected chi connectivity index (χ2v) is 4.86. The average Bonchev–Trinajstić information content (AvgIpc) is 1.79. The first kappa shape index (κ1) is 6.66. The van der Waals surface area contributed by atoms with Crippen molar-refractivity contribution in [2.45, 2.75) is 4.87 Å². The zero-order valence-corrected chi connectivity index (χ0v) is 7.22. The van der Waals surface area contributed by atoms with Crippen LogP contribution < -0.4 is 0 Å². The highest BCUT2D eigenvalue weighted by molar-refractivity contribution is 6.24. The van der Waals surface area contributed by atoms with Crippen LogP contribution in [0.2, 0.25) is 0 Å². The molecule has 0 aromatic carbocycles. The molecule has 4 heterocycles. The molecule has 11 heavy (non-hydrogen) atoms. The van der Waals surface area contributed by atoms with E-state index in [-0.39, 0.29) is 4.87 Å². The minimum atomic E-state index is 0.0503. The monoisotopic (exact) mass is 173 g/mol. The second kappa shape index (κ2) is 1.91. The molecule has 4 bridgehead atoms. The molecule has 0 aromatic rings. The van der Waals surface area contributed by atoms with E-state index in [9.17, 15) is 0 Å². The van der Waals surface area contributed by atoms with Crippen LogP contribution >= 0.6 is 11.6 Å². The fourth-order valence-electron chi connectivity index (χ4n) is 2.63. The highest BCUT2D eigenvalue weighted by Crippen LogP contribution is 2.33. The van der Waals surface area contributed by atoms with E-state index in [4.69, 9.17) is 11.6 Å². The van der Waals surface area contributed by atoms with Crippen LogP contribution in [-0.2, 0) is 0 Å². The lowest BCUT2D eigenvalue weighted by Crippen LogP contribution is -2.73. The summed E-state index contributed by atoms with van der Waals surface area (Å²) in [7, 11) is 0. The van der Waals surface area contributed by atoms with Crippen molar-refractivity contribution in [3.8, 4) is 0 Å². The summed E-state index contributed by atoms with van der Waals surface area (Å²) in [5.41, 5.74) is 0. The van der Waals surface area contributed by atoms with Crippen molar-refractivity contribution in [2.75, 3.05) is 39.6 Å². The number of hydrogen-bond acceptors (Lipinski definition) is 3. The Balaban J connectivity index is 1.94. The van der Waals surface area contributed by atoms with Gasteiger partial charge < -0.3 is 0 Å². The zero-order valence-electron chi connectivity index (χ0n) is 6.46. The van der Waals surface area contributed by atoms with Crippen molar-refractivity contribution in [3.05, 3.63) is 0 Å². The third-order valence-electron chi connectivity index (χ3n) is 2.72. The molecule has 0 saturated carbocycles. The largest absolute Gasteiger partial charge is 0.276 e. The van der Waals surface area contributed by atoms with E-state index in [2.05, 4.69) is 14.7 Å². The number of nitrogens with zero attached hydrogens (tertiary/aromatic N) is 3. The van der Waals surface area contributed by atoms with E-state index >= 15 is 0 Å². The summed E-state index contributed by atoms with van der Waals surface area (Å²) >= 11 is 6.41. The Morgan fingerprint density at radius 2 is 1.18 bits per heavy atom. The van der Waals surface area contributed by atoms with Gasteiger partial charge in [-0.05, 0) is 0 Å². The first-order valence-electron chi connectivity index (χ1n) is 4.10. The van der Waals surface area contributed by atoms with Crippen molar-refractivity contribution in [1.29, 1.82) is 0 Å². The van der Waals surface area contributed by atoms with E-state index in [0.29, 0.717) is 0 Å². The Labute approximate surface area is 71.5 Å². The molecule has 0 radical (unpaired) electrons. The third-order valence-corrected chi connectivity index (χ3v) is 3.08. The van der Waals surface area contributed by atoms with Gasteiger partial charge in [0.25, 0.3) is 0 Å². The second-order valence-electron chi connectivity index (χ2n) is 4.06. The van der Waals surface area contributed by atoms with Crippen LogP contribution in [0.1, 0.15) is 0 Å². The molecule has 0 N–H and O–H groups in total. The predicted molar refractivity (Wildman–Crippen MR) is 43.3 cm³/mol. The van der Waals surface area contributed by atoms with Gasteiger partial charge in [-0.15, -0.1) is 11.6 Å². The van der Waals surface area contributed by atoms with Crippen molar-refractivity contribution in [2.24, 2.45) is 0 Å². The van der Waals surface area contributed by atoms with Crippen molar-refractivity contribution < 1.29 is 0 Å². The van der Waals surface area contributed by atoms with E-state index in [1.807, 2.05) is 0 Å². The topological polar surface area (TPSA) is 9.72 Å². The van der Waals surface area contributed by atoms with Crippen LogP contribution in [0.5, 0.6) is 0 Å². The maximum Gasteiger partial charge on any atom is 0.0828 e. The van der Waals surface area contributed by atoms with Crippen LogP contribution in [0.3, 0.4) is 0 Å². The van der Waals surface area contributed by atoms with Gasteiger partial charge in [-0.1, -0.05) is 0 Å². The van der Waals surface area contributed by atoms with Gasteiger partial charge in [0.15, 0.2) is 0 Å². The summed E-state index contributed by atoms with van der Waals surface area (Å²) in [4.78, 5) is 7.31. The Bertz CT molecular complexity index is 159. The molecular weight excluding hydrogens is 162 g/mol. The van der Waals surface area contributed by atoms with Crippen LogP contribution in [0.15, 0.2) is 0 Å². The standard InChI is InChI=1S/C7H12ClN3/c8-7-1-9-4-10(2-7)6-11(3-7)5-9/h1-6H2. The van der Waals surface area contributed by atoms with Gasteiger partial charge in [-0.3, -0.25) is 14.7 Å². The number of rotatable bonds is 0. The third kappa shape index (κ3) is 0.920. The van der Waals surface area contributed by atoms with Gasteiger partial charge in [0.2, 0.25) is 0 Å². The minimum absolute atomic E-state index is 0.0503. The molecule has 4 heteroatoms. The maximum absolute atomic E-state index is 6.41. The number of hydrogen-bond donors (Lipinski definition) is 0. The summed E-state index contributed by atoms with van der Waals surface area (Å²) in [6, 6.07) is 0. The first-order chi connectivity index (χ1) is 5.23. The molecular formula is C7H12ClN3. The first-order valence-corrected chi connectivity index (χ1v) is 4.47. The van der Waals surface area contributed by atoms with Crippen molar-refractivity contribution >= 4 is 11.6 Å². The summed E-state index contributed by atoms with van der Waals surface area (Å²) in [6.45, 7) is 6.64. The van der Waals surface area contributed by atoms with E-state index in [1.54, 1.807) is 0 Å². The van der Waals surface area contributed by atoms with Crippen LogP contribution in [-0.4, -0.2) is 59.2 Å². The van der Waals surface area contributed by atoms with Crippen molar-refractivity contribution in [3.63, 3.8) is 0 Å². The van der Waals surface area contributed by atoms with E-state index in [0.717, 1.165) is 39.6 Å². The van der Waals surface area contributed by atoms with Crippen molar-refractivity contribution in [1.82, 2.24) is 14.7 Å². The molecule has 4 aliphatic heterocycles. The number of alkyl halides is 1. The van der Waals surface area contributed by atoms with Gasteiger partial charge in [-0.2, -0.15) is 0 Å². The number of halogens is 1. The van der Waals surface area contributed by atoms with Gasteiger partial charge in [0.05, 0.1) is 24.9 Å². The smallest absolute Gasteiger partial charge is 0.0828 e. The summed E-state index contributed by atoms with van der Waals surface area (Å²) in [6.07, 6.45) is 0. The highest BCUT2D eigenvalue weighted by Gasteiger charge is 2.47. The molecule has 62 valence electrons. The zero-order chi connectivity index (χ0) is 7.47. The SMILES string of the molecule is ClC12CN3CN(CN(C3)C1)C2. The van der Waals surface area contributed by atoms with E-state index < -0.39 is 0 Å². The van der Waals surface area contributed by atoms with Gasteiger partial charge in [0, 0.05) is 19.6 Å². The molecule has 4 aliphatic rings. The summed E-state index contributed by atoms with van der Waals surface area (Å²) in [5.74, 6) is 0. The normalized spacial score (nSPS) is 60.3. The predicted octanol–water partition coefficient (Wildman–Crippen LogP) is -0.217. The van der Waals surface area contributed by atoms with E-state index in [1.165, 1.54) is 0 Å². The molecule has 0 unspecified atom stereocenters. The van der Waals surface area contributed by atoms with Crippen LogP contribution in [0, 0.1) is 0 Å².